The number of hydrogen-bond donors (Lipinski definition) is 1. The number of aryl methyl sites for hydroxylation is 1. The molecule has 0 radical (unpaired) electrons. The highest BCUT2D eigenvalue weighted by Crippen LogP contribution is 2.19. The van der Waals surface area contributed by atoms with Crippen molar-refractivity contribution < 1.29 is 0 Å². The van der Waals surface area contributed by atoms with Crippen molar-refractivity contribution in [2.75, 3.05) is 26.7 Å². The molecule has 1 aromatic heterocycles. The minimum Gasteiger partial charge on any atom is -0.311 e. The molecule has 96 valence electrons. The summed E-state index contributed by atoms with van der Waals surface area (Å²) in [4.78, 5) is 7.10. The lowest BCUT2D eigenvalue weighted by atomic mass is 10.1. The van der Waals surface area contributed by atoms with Crippen LogP contribution in [0.2, 0.25) is 0 Å². The molecule has 1 aromatic rings. The van der Waals surface area contributed by atoms with Crippen LogP contribution in [0.4, 0.5) is 0 Å². The molecule has 1 fully saturated rings. The van der Waals surface area contributed by atoms with Crippen LogP contribution >= 0.6 is 11.3 Å². The van der Waals surface area contributed by atoms with Gasteiger partial charge in [-0.2, -0.15) is 0 Å². The van der Waals surface area contributed by atoms with Crippen LogP contribution in [0.5, 0.6) is 0 Å². The van der Waals surface area contributed by atoms with Crippen molar-refractivity contribution in [2.45, 2.75) is 38.6 Å². The van der Waals surface area contributed by atoms with Crippen LogP contribution in [0.15, 0.2) is 5.38 Å². The predicted octanol–water partition coefficient (Wildman–Crippen LogP) is 2.10. The summed E-state index contributed by atoms with van der Waals surface area (Å²) in [5.74, 6) is 0.555. The van der Waals surface area contributed by atoms with Crippen molar-refractivity contribution in [3.05, 3.63) is 16.1 Å². The van der Waals surface area contributed by atoms with E-state index in [4.69, 9.17) is 4.98 Å². The Balaban J connectivity index is 1.80. The minimum atomic E-state index is 0.555. The Hall–Kier alpha value is -0.450. The highest BCUT2D eigenvalue weighted by atomic mass is 32.1. The number of nitrogens with one attached hydrogen (secondary N) is 1. The average Bonchev–Trinajstić information content (AvgIpc) is 2.75. The van der Waals surface area contributed by atoms with Crippen LogP contribution in [0, 0.1) is 0 Å². The topological polar surface area (TPSA) is 28.2 Å². The molecule has 0 aliphatic carbocycles. The largest absolute Gasteiger partial charge is 0.311 e. The van der Waals surface area contributed by atoms with Gasteiger partial charge in [-0.15, -0.1) is 11.3 Å². The van der Waals surface area contributed by atoms with Gasteiger partial charge in [0.2, 0.25) is 0 Å². The second kappa shape index (κ2) is 5.94. The molecule has 0 amide bonds. The molecular weight excluding hydrogens is 230 g/mol. The van der Waals surface area contributed by atoms with Crippen LogP contribution in [0.25, 0.3) is 0 Å². The maximum absolute atomic E-state index is 4.69. The Morgan fingerprint density at radius 2 is 2.41 bits per heavy atom. The minimum absolute atomic E-state index is 0.555. The van der Waals surface area contributed by atoms with E-state index >= 15 is 0 Å². The van der Waals surface area contributed by atoms with Gasteiger partial charge in [0, 0.05) is 37.5 Å². The lowest BCUT2D eigenvalue weighted by Gasteiger charge is -2.30. The zero-order valence-electron chi connectivity index (χ0n) is 11.1. The van der Waals surface area contributed by atoms with E-state index in [0.29, 0.717) is 12.0 Å². The monoisotopic (exact) mass is 253 g/mol. The van der Waals surface area contributed by atoms with Crippen molar-refractivity contribution in [1.82, 2.24) is 15.2 Å². The van der Waals surface area contributed by atoms with Crippen molar-refractivity contribution in [3.63, 3.8) is 0 Å². The Morgan fingerprint density at radius 3 is 3.06 bits per heavy atom. The first-order chi connectivity index (χ1) is 8.15. The van der Waals surface area contributed by atoms with E-state index in [1.807, 2.05) is 11.3 Å². The lowest BCUT2D eigenvalue weighted by molar-refractivity contribution is 0.232. The Kier molecular flexibility index (Phi) is 4.54. The third-order valence-electron chi connectivity index (χ3n) is 3.33. The fourth-order valence-electron chi connectivity index (χ4n) is 2.19. The zero-order valence-corrected chi connectivity index (χ0v) is 11.9. The number of aromatic nitrogens is 1. The summed E-state index contributed by atoms with van der Waals surface area (Å²) in [5.41, 5.74) is 1.25. The van der Waals surface area contributed by atoms with Crippen molar-refractivity contribution in [3.8, 4) is 0 Å². The van der Waals surface area contributed by atoms with E-state index in [0.717, 1.165) is 13.0 Å². The molecule has 0 saturated carbocycles. The number of rotatable bonds is 4. The maximum Gasteiger partial charge on any atom is 0.0928 e. The molecule has 1 aliphatic rings. The Morgan fingerprint density at radius 1 is 1.59 bits per heavy atom. The van der Waals surface area contributed by atoms with E-state index in [1.54, 1.807) is 0 Å². The SMILES string of the molecule is CC(C)c1csc(CCC2CN(C)CCN2)n1. The van der Waals surface area contributed by atoms with E-state index in [2.05, 4.69) is 36.5 Å². The molecule has 2 rings (SSSR count). The molecule has 0 spiro atoms. The number of piperazine rings is 1. The Bertz CT molecular complexity index is 348. The molecule has 1 unspecified atom stereocenters. The maximum atomic E-state index is 4.69. The normalized spacial score (nSPS) is 22.2. The third-order valence-corrected chi connectivity index (χ3v) is 4.25. The van der Waals surface area contributed by atoms with Crippen LogP contribution in [-0.2, 0) is 6.42 Å². The molecule has 1 atom stereocenters. The number of nitrogens with zero attached hydrogens (tertiary/aromatic N) is 2. The first-order valence-corrected chi connectivity index (χ1v) is 7.39. The quantitative estimate of drug-likeness (QED) is 0.891. The molecule has 2 heterocycles. The first-order valence-electron chi connectivity index (χ1n) is 6.51. The fraction of sp³-hybridized carbons (Fsp3) is 0.769. The summed E-state index contributed by atoms with van der Waals surface area (Å²) in [6.07, 6.45) is 2.32. The van der Waals surface area contributed by atoms with E-state index in [-0.39, 0.29) is 0 Å². The fourth-order valence-corrected chi connectivity index (χ4v) is 3.16. The molecule has 4 heteroatoms. The van der Waals surface area contributed by atoms with Gasteiger partial charge >= 0.3 is 0 Å². The van der Waals surface area contributed by atoms with Crippen LogP contribution in [0.3, 0.4) is 0 Å². The predicted molar refractivity (Wildman–Crippen MR) is 73.8 cm³/mol. The Labute approximate surface area is 108 Å². The van der Waals surface area contributed by atoms with Gasteiger partial charge in [-0.1, -0.05) is 13.8 Å². The van der Waals surface area contributed by atoms with E-state index < -0.39 is 0 Å². The van der Waals surface area contributed by atoms with E-state index in [1.165, 1.54) is 30.2 Å². The second-order valence-electron chi connectivity index (χ2n) is 5.27. The zero-order chi connectivity index (χ0) is 12.3. The number of hydrogen-bond acceptors (Lipinski definition) is 4. The molecule has 1 aliphatic heterocycles. The molecule has 1 N–H and O–H groups in total. The lowest BCUT2D eigenvalue weighted by Crippen LogP contribution is -2.49. The summed E-state index contributed by atoms with van der Waals surface area (Å²) < 4.78 is 0. The van der Waals surface area contributed by atoms with Crippen LogP contribution in [0.1, 0.15) is 36.9 Å². The highest BCUT2D eigenvalue weighted by molar-refractivity contribution is 7.09. The third kappa shape index (κ3) is 3.76. The van der Waals surface area contributed by atoms with Gasteiger partial charge in [-0.05, 0) is 19.4 Å². The van der Waals surface area contributed by atoms with Crippen LogP contribution < -0.4 is 5.32 Å². The summed E-state index contributed by atoms with van der Waals surface area (Å²) in [5, 5.41) is 7.09. The molecule has 3 nitrogen and oxygen atoms in total. The first kappa shape index (κ1) is 13.0. The van der Waals surface area contributed by atoms with Crippen molar-refractivity contribution in [2.24, 2.45) is 0 Å². The van der Waals surface area contributed by atoms with E-state index in [9.17, 15) is 0 Å². The van der Waals surface area contributed by atoms with Crippen molar-refractivity contribution >= 4 is 11.3 Å². The second-order valence-corrected chi connectivity index (χ2v) is 6.22. The standard InChI is InChI=1S/C13H23N3S/c1-10(2)12-9-17-13(15-12)5-4-11-8-16(3)7-6-14-11/h9-11,14H,4-8H2,1-3H3. The van der Waals surface area contributed by atoms with Gasteiger partial charge < -0.3 is 10.2 Å². The average molecular weight is 253 g/mol. The molecule has 0 bridgehead atoms. The molecular formula is C13H23N3S. The summed E-state index contributed by atoms with van der Waals surface area (Å²) in [6.45, 7) is 7.87. The van der Waals surface area contributed by atoms with Gasteiger partial charge in [0.25, 0.3) is 0 Å². The van der Waals surface area contributed by atoms with Gasteiger partial charge in [-0.3, -0.25) is 0 Å². The van der Waals surface area contributed by atoms with Gasteiger partial charge in [0.15, 0.2) is 0 Å². The smallest absolute Gasteiger partial charge is 0.0928 e. The summed E-state index contributed by atoms with van der Waals surface area (Å²) in [7, 11) is 2.20. The molecule has 0 aromatic carbocycles. The van der Waals surface area contributed by atoms with Gasteiger partial charge in [0.05, 0.1) is 10.7 Å². The summed E-state index contributed by atoms with van der Waals surface area (Å²) >= 11 is 1.81. The molecule has 1 saturated heterocycles. The van der Waals surface area contributed by atoms with Gasteiger partial charge in [-0.25, -0.2) is 4.98 Å². The summed E-state index contributed by atoms with van der Waals surface area (Å²) in [6, 6.07) is 0.639. The molecule has 17 heavy (non-hydrogen) atoms. The number of thiazole rings is 1. The van der Waals surface area contributed by atoms with Gasteiger partial charge in [0.1, 0.15) is 0 Å². The highest BCUT2D eigenvalue weighted by Gasteiger charge is 2.16. The van der Waals surface area contributed by atoms with Crippen molar-refractivity contribution in [1.29, 1.82) is 0 Å². The number of likely N-dealkylation sites (N-methyl/N-ethyl adjacent to an activating group) is 1. The van der Waals surface area contributed by atoms with Crippen LogP contribution in [-0.4, -0.2) is 42.6 Å².